The maximum Gasteiger partial charge on any atom is 0.231 e. The zero-order chi connectivity index (χ0) is 66.0. The van der Waals surface area contributed by atoms with Gasteiger partial charge < -0.3 is 19.6 Å². The Bertz CT molecular complexity index is 2400. The average Bonchev–Trinajstić information content (AvgIpc) is 1.58. The van der Waals surface area contributed by atoms with Crippen LogP contribution in [0.25, 0.3) is 0 Å². The van der Waals surface area contributed by atoms with E-state index in [1.807, 2.05) is 0 Å². The molecular formula is C70H130Cl2N14O3. The van der Waals surface area contributed by atoms with Crippen molar-refractivity contribution in [3.05, 3.63) is 10.6 Å². The monoisotopic (exact) mass is 1280 g/mol. The molecular weight excluding hydrogens is 1160 g/mol. The van der Waals surface area contributed by atoms with Gasteiger partial charge in [-0.15, -0.1) is 0 Å². The lowest BCUT2D eigenvalue weighted by molar-refractivity contribution is -0.282. The Morgan fingerprint density at radius 3 is 0.820 bits per heavy atom. The van der Waals surface area contributed by atoms with Crippen LogP contribution in [-0.2, 0) is 14.5 Å². The molecule has 0 amide bonds. The van der Waals surface area contributed by atoms with Gasteiger partial charge in [-0.1, -0.05) is 80.1 Å². The van der Waals surface area contributed by atoms with Crippen molar-refractivity contribution in [1.29, 1.82) is 0 Å². The fourth-order valence-electron chi connectivity index (χ4n) is 17.0. The van der Waals surface area contributed by atoms with Gasteiger partial charge in [-0.3, -0.25) is 19.4 Å². The van der Waals surface area contributed by atoms with Crippen LogP contribution in [-0.4, -0.2) is 171 Å². The molecule has 0 N–H and O–H groups in total. The van der Waals surface area contributed by atoms with E-state index in [-0.39, 0.29) is 79.0 Å². The highest BCUT2D eigenvalue weighted by Crippen LogP contribution is 2.47. The molecule has 0 aromatic carbocycles. The highest BCUT2D eigenvalue weighted by atomic mass is 35.5. The highest BCUT2D eigenvalue weighted by molar-refractivity contribution is 6.28. The summed E-state index contributed by atoms with van der Waals surface area (Å²) in [6, 6.07) is 0.678. The molecule has 0 aliphatic carbocycles. The molecule has 2 aromatic rings. The molecule has 4 aliphatic rings. The number of hydrogen-bond acceptors (Lipinski definition) is 17. The van der Waals surface area contributed by atoms with E-state index in [2.05, 4.69) is 192 Å². The third-order valence-corrected chi connectivity index (χ3v) is 20.3. The van der Waals surface area contributed by atoms with Gasteiger partial charge in [0, 0.05) is 94.7 Å². The Morgan fingerprint density at radius 2 is 0.573 bits per heavy atom. The second-order valence-electron chi connectivity index (χ2n) is 32.3. The first kappa shape index (κ1) is 75.5. The number of likely N-dealkylation sites (tertiary alicyclic amines) is 1. The fraction of sp³-hybridized carbons (Fsp3) is 0.914. The molecule has 0 atom stereocenters. The zero-order valence-electron chi connectivity index (χ0n) is 60.8. The summed E-state index contributed by atoms with van der Waals surface area (Å²) < 4.78 is 0. The number of nitrogens with zero attached hydrogens (tertiary/aromatic N) is 14. The topological polar surface area (TPSA) is 131 Å². The number of piperidine rings is 4. The first-order chi connectivity index (χ1) is 41.6. The minimum absolute atomic E-state index is 0.000239. The molecule has 0 spiro atoms. The third kappa shape index (κ3) is 19.4. The van der Waals surface area contributed by atoms with Gasteiger partial charge in [0.2, 0.25) is 34.4 Å². The van der Waals surface area contributed by atoms with Crippen molar-refractivity contribution in [1.82, 2.24) is 50.0 Å². The molecule has 6 rings (SSSR count). The molecule has 0 radical (unpaired) electrons. The summed E-state index contributed by atoms with van der Waals surface area (Å²) in [6.45, 7) is 57.5. The summed E-state index contributed by atoms with van der Waals surface area (Å²) in [4.78, 5) is 63.8. The van der Waals surface area contributed by atoms with Crippen LogP contribution in [0, 0.1) is 0 Å². The molecule has 512 valence electrons. The number of aromatic nitrogens is 6. The van der Waals surface area contributed by atoms with Crippen LogP contribution in [0.1, 0.15) is 294 Å². The van der Waals surface area contributed by atoms with E-state index in [0.717, 1.165) is 155 Å². The molecule has 0 saturated carbocycles. The number of hydrogen-bond donors (Lipinski definition) is 0. The normalized spacial score (nSPS) is 22.4. The lowest BCUT2D eigenvalue weighted by Gasteiger charge is -2.57. The van der Waals surface area contributed by atoms with E-state index >= 15 is 0 Å². The van der Waals surface area contributed by atoms with Gasteiger partial charge in [-0.2, -0.15) is 45.1 Å². The Balaban J connectivity index is 1.32. The number of halogens is 2. The van der Waals surface area contributed by atoms with Crippen molar-refractivity contribution >= 4 is 47.0 Å². The zero-order valence-corrected chi connectivity index (χ0v) is 62.3. The van der Waals surface area contributed by atoms with Gasteiger partial charge in [0.15, 0.2) is 0 Å². The molecule has 4 saturated heterocycles. The largest absolute Gasteiger partial charge is 0.338 e. The molecule has 19 heteroatoms. The number of hydroxylamine groups is 6. The van der Waals surface area contributed by atoms with E-state index in [0.29, 0.717) is 43.6 Å². The SMILES string of the molecule is CCCCCN1C(C)(C)CC(N(CCCC)c2nc(Cl)nc(N(CCCCCCN(c3nc(Cl)nc(N(CCCC)C4CC(C)(C)N(OCCC)C(C)(C)C4)n3)C3CC(C)(C)N(OCCC)C(C)(C)C3)C3CC(C)(C)N(OCCC)C(C)(C)C3)n2)CC1(C)C. The predicted molar refractivity (Wildman–Crippen MR) is 373 cm³/mol. The molecule has 4 fully saturated rings. The quantitative estimate of drug-likeness (QED) is 0.0615. The number of anilines is 4. The number of unbranched alkanes of at least 4 members (excludes halogenated alkanes) is 7. The van der Waals surface area contributed by atoms with E-state index in [4.69, 9.17) is 67.6 Å². The van der Waals surface area contributed by atoms with Crippen molar-refractivity contribution in [3.8, 4) is 0 Å². The summed E-state index contributed by atoms with van der Waals surface area (Å²) in [5.41, 5.74) is -1.45. The molecule has 4 aliphatic heterocycles. The highest BCUT2D eigenvalue weighted by Gasteiger charge is 2.53. The van der Waals surface area contributed by atoms with Crippen molar-refractivity contribution in [2.24, 2.45) is 0 Å². The van der Waals surface area contributed by atoms with Gasteiger partial charge in [0.1, 0.15) is 0 Å². The standard InChI is InChI=1S/C70H130Cl2N14O3/c1-23-29-34-41-83-63(7,8)45-53(46-64(83,9)10)79(37-30-24-2)59-73-57(71)75-61(77-59)81(55-49-67(15,16)85(88-43-27-5)68(17,18)50-55)39-35-32-33-36-40-82(56-51-69(19,20)86(89-44-28-6)70(21,22)52-56)62-76-58(72)74-60(78-62)80(38-31-25-3)54-47-65(11,12)84(87-42-26-4)66(13,14)48-54/h53-56H,23-52H2,1-22H3. The summed E-state index contributed by atoms with van der Waals surface area (Å²) >= 11 is 14.4. The van der Waals surface area contributed by atoms with Crippen molar-refractivity contribution in [2.45, 2.75) is 362 Å². The Hall–Kier alpha value is -2.48. The minimum atomic E-state index is -0.258. The molecule has 17 nitrogen and oxygen atoms in total. The lowest BCUT2D eigenvalue weighted by Crippen LogP contribution is -2.64. The Labute approximate surface area is 553 Å². The van der Waals surface area contributed by atoms with Crippen LogP contribution in [0.15, 0.2) is 0 Å². The number of rotatable bonds is 34. The molecule has 0 unspecified atom stereocenters. The molecule has 89 heavy (non-hydrogen) atoms. The van der Waals surface area contributed by atoms with Crippen LogP contribution in [0.2, 0.25) is 10.6 Å². The van der Waals surface area contributed by atoms with Crippen LogP contribution in [0.4, 0.5) is 23.8 Å². The lowest BCUT2D eigenvalue weighted by atomic mass is 9.76. The van der Waals surface area contributed by atoms with E-state index < -0.39 is 0 Å². The predicted octanol–water partition coefficient (Wildman–Crippen LogP) is 16.8. The molecule has 6 heterocycles. The van der Waals surface area contributed by atoms with Gasteiger partial charge >= 0.3 is 0 Å². The Morgan fingerprint density at radius 1 is 0.326 bits per heavy atom. The summed E-state index contributed by atoms with van der Waals surface area (Å²) in [5.74, 6) is 2.71. The summed E-state index contributed by atoms with van der Waals surface area (Å²) in [5, 5.41) is 7.32. The average molecular weight is 1290 g/mol. The van der Waals surface area contributed by atoms with Crippen LogP contribution in [0.5, 0.6) is 0 Å². The first-order valence-electron chi connectivity index (χ1n) is 35.6. The maximum absolute atomic E-state index is 7.20. The molecule has 2 aromatic heterocycles. The van der Waals surface area contributed by atoms with Gasteiger partial charge in [-0.05, 0) is 243 Å². The first-order valence-corrected chi connectivity index (χ1v) is 36.4. The van der Waals surface area contributed by atoms with Crippen molar-refractivity contribution in [3.63, 3.8) is 0 Å². The van der Waals surface area contributed by atoms with Crippen molar-refractivity contribution in [2.75, 3.05) is 72.1 Å². The summed E-state index contributed by atoms with van der Waals surface area (Å²) in [6.07, 6.45) is 22.1. The van der Waals surface area contributed by atoms with E-state index in [9.17, 15) is 0 Å². The van der Waals surface area contributed by atoms with Crippen LogP contribution in [0.3, 0.4) is 0 Å². The maximum atomic E-state index is 7.20. The van der Waals surface area contributed by atoms with Crippen molar-refractivity contribution < 1.29 is 14.5 Å². The smallest absolute Gasteiger partial charge is 0.231 e. The Kier molecular flexibility index (Phi) is 27.0. The summed E-state index contributed by atoms with van der Waals surface area (Å²) in [7, 11) is 0. The second kappa shape index (κ2) is 31.8. The second-order valence-corrected chi connectivity index (χ2v) is 33.0. The van der Waals surface area contributed by atoms with Crippen LogP contribution >= 0.6 is 23.2 Å². The molecule has 0 bridgehead atoms. The fourth-order valence-corrected chi connectivity index (χ4v) is 17.3. The van der Waals surface area contributed by atoms with Gasteiger partial charge in [0.25, 0.3) is 0 Å². The third-order valence-electron chi connectivity index (χ3n) is 19.9. The van der Waals surface area contributed by atoms with E-state index in [1.165, 1.54) is 19.3 Å². The van der Waals surface area contributed by atoms with Crippen LogP contribution < -0.4 is 19.6 Å². The van der Waals surface area contributed by atoms with Gasteiger partial charge in [-0.25, -0.2) is 0 Å². The van der Waals surface area contributed by atoms with Gasteiger partial charge in [0.05, 0.1) is 19.8 Å². The minimum Gasteiger partial charge on any atom is -0.338 e. The van der Waals surface area contributed by atoms with E-state index in [1.54, 1.807) is 0 Å².